The number of fused-ring (bicyclic) bond motifs is 1. The first-order valence-electron chi connectivity index (χ1n) is 9.17. The number of halogens is 2. The van der Waals surface area contributed by atoms with Gasteiger partial charge in [0, 0.05) is 54.2 Å². The normalized spacial score (nSPS) is 17.0. The molecule has 1 aromatic carbocycles. The summed E-state index contributed by atoms with van der Waals surface area (Å²) in [6.07, 6.45) is 5.12. The van der Waals surface area contributed by atoms with Crippen LogP contribution in [0.15, 0.2) is 47.0 Å². The van der Waals surface area contributed by atoms with E-state index in [0.717, 1.165) is 47.7 Å². The Kier molecular flexibility index (Phi) is 7.42. The van der Waals surface area contributed by atoms with E-state index in [-0.39, 0.29) is 24.0 Å². The number of rotatable bonds is 5. The average molecular weight is 531 g/mol. The van der Waals surface area contributed by atoms with Crippen molar-refractivity contribution in [2.24, 2.45) is 4.99 Å². The maximum absolute atomic E-state index is 6.13. The topological polar surface area (TPSA) is 57.0 Å². The van der Waals surface area contributed by atoms with Gasteiger partial charge in [-0.15, -0.1) is 35.3 Å². The van der Waals surface area contributed by atoms with Gasteiger partial charge in [0.05, 0.1) is 12.2 Å². The van der Waals surface area contributed by atoms with Crippen LogP contribution in [0.25, 0.3) is 4.96 Å². The molecule has 0 spiro atoms. The number of aliphatic imine (C=N–C) groups is 1. The zero-order valence-electron chi connectivity index (χ0n) is 15.6. The van der Waals surface area contributed by atoms with Crippen LogP contribution in [0, 0.1) is 0 Å². The lowest BCUT2D eigenvalue weighted by atomic mass is 10.2. The molecule has 0 aliphatic carbocycles. The zero-order chi connectivity index (χ0) is 18.6. The van der Waals surface area contributed by atoms with E-state index in [1.165, 1.54) is 5.69 Å². The van der Waals surface area contributed by atoms with Crippen LogP contribution >= 0.6 is 46.9 Å². The monoisotopic (exact) mass is 530 g/mol. The second-order valence-electron chi connectivity index (χ2n) is 6.58. The van der Waals surface area contributed by atoms with Crippen molar-refractivity contribution >= 4 is 63.5 Å². The summed E-state index contributed by atoms with van der Waals surface area (Å²) in [6, 6.07) is 8.39. The van der Waals surface area contributed by atoms with Crippen molar-refractivity contribution in [3.8, 4) is 0 Å². The molecular formula is C19H24ClIN6S. The number of benzene rings is 1. The van der Waals surface area contributed by atoms with E-state index in [4.69, 9.17) is 16.6 Å². The van der Waals surface area contributed by atoms with Crippen LogP contribution < -0.4 is 15.5 Å². The molecule has 1 aliphatic rings. The standard InChI is InChI=1S/C19H23ClN6S.HI/c1-2-21-18(22-11-16-13-26-8-9-27-19(26)24-16)23-15-6-7-25(12-15)17-5-3-4-14(20)10-17;/h3-5,8-10,13,15H,2,6-7,11-12H2,1H3,(H2,21,22,23);1H. The number of nitrogens with zero attached hydrogens (tertiary/aromatic N) is 4. The number of imidazole rings is 1. The van der Waals surface area contributed by atoms with E-state index >= 15 is 0 Å². The van der Waals surface area contributed by atoms with Crippen molar-refractivity contribution in [2.45, 2.75) is 25.9 Å². The fraction of sp³-hybridized carbons (Fsp3) is 0.368. The number of hydrogen-bond acceptors (Lipinski definition) is 4. The molecule has 28 heavy (non-hydrogen) atoms. The number of thiazole rings is 1. The van der Waals surface area contributed by atoms with Gasteiger partial charge in [-0.1, -0.05) is 17.7 Å². The molecule has 1 atom stereocenters. The SMILES string of the molecule is CCNC(=NCc1cn2ccsc2n1)NC1CCN(c2cccc(Cl)c2)C1.I. The van der Waals surface area contributed by atoms with Crippen LogP contribution in [-0.2, 0) is 6.54 Å². The van der Waals surface area contributed by atoms with Crippen molar-refractivity contribution < 1.29 is 0 Å². The molecule has 1 fully saturated rings. The van der Waals surface area contributed by atoms with Gasteiger partial charge in [0.25, 0.3) is 0 Å². The number of hydrogen-bond donors (Lipinski definition) is 2. The maximum Gasteiger partial charge on any atom is 0.193 e. The van der Waals surface area contributed by atoms with Gasteiger partial charge in [0.1, 0.15) is 0 Å². The predicted octanol–water partition coefficient (Wildman–Crippen LogP) is 4.00. The molecule has 2 aromatic heterocycles. The third-order valence-electron chi connectivity index (χ3n) is 4.59. The fourth-order valence-electron chi connectivity index (χ4n) is 3.31. The summed E-state index contributed by atoms with van der Waals surface area (Å²) in [4.78, 5) is 12.7. The van der Waals surface area contributed by atoms with E-state index < -0.39 is 0 Å². The van der Waals surface area contributed by atoms with E-state index in [2.05, 4.69) is 33.5 Å². The predicted molar refractivity (Wildman–Crippen MR) is 129 cm³/mol. The third-order valence-corrected chi connectivity index (χ3v) is 5.59. The molecule has 0 amide bonds. The Hall–Kier alpha value is -1.52. The van der Waals surface area contributed by atoms with Crippen LogP contribution in [0.1, 0.15) is 19.0 Å². The molecule has 4 rings (SSSR count). The number of nitrogens with one attached hydrogen (secondary N) is 2. The maximum atomic E-state index is 6.13. The average Bonchev–Trinajstić information content (AvgIpc) is 3.36. The van der Waals surface area contributed by atoms with E-state index in [0.29, 0.717) is 12.6 Å². The first-order valence-corrected chi connectivity index (χ1v) is 10.4. The van der Waals surface area contributed by atoms with E-state index in [1.807, 2.05) is 40.4 Å². The second kappa shape index (κ2) is 9.80. The minimum Gasteiger partial charge on any atom is -0.369 e. The van der Waals surface area contributed by atoms with Gasteiger partial charge in [-0.25, -0.2) is 9.98 Å². The van der Waals surface area contributed by atoms with Crippen molar-refractivity contribution in [1.82, 2.24) is 20.0 Å². The summed E-state index contributed by atoms with van der Waals surface area (Å²) >= 11 is 7.76. The second-order valence-corrected chi connectivity index (χ2v) is 7.89. The first-order chi connectivity index (χ1) is 13.2. The fourth-order valence-corrected chi connectivity index (χ4v) is 4.21. The summed E-state index contributed by atoms with van der Waals surface area (Å²) in [5, 5.41) is 9.71. The highest BCUT2D eigenvalue weighted by Gasteiger charge is 2.23. The zero-order valence-corrected chi connectivity index (χ0v) is 19.5. The molecule has 3 aromatic rings. The Bertz CT molecular complexity index is 911. The third kappa shape index (κ3) is 5.09. The van der Waals surface area contributed by atoms with Gasteiger partial charge >= 0.3 is 0 Å². The number of anilines is 1. The molecule has 0 bridgehead atoms. The van der Waals surface area contributed by atoms with Crippen molar-refractivity contribution in [1.29, 1.82) is 0 Å². The Balaban J connectivity index is 0.00000225. The van der Waals surface area contributed by atoms with Crippen LogP contribution in [0.3, 0.4) is 0 Å². The Morgan fingerprint density at radius 3 is 3.11 bits per heavy atom. The Labute approximate surface area is 191 Å². The Morgan fingerprint density at radius 1 is 1.43 bits per heavy atom. The molecule has 6 nitrogen and oxygen atoms in total. The van der Waals surface area contributed by atoms with Crippen molar-refractivity contribution in [3.63, 3.8) is 0 Å². The molecule has 9 heteroatoms. The molecule has 0 saturated carbocycles. The largest absolute Gasteiger partial charge is 0.369 e. The lowest BCUT2D eigenvalue weighted by molar-refractivity contribution is 0.649. The van der Waals surface area contributed by atoms with E-state index in [1.54, 1.807) is 11.3 Å². The molecule has 150 valence electrons. The first kappa shape index (κ1) is 21.2. The molecular weight excluding hydrogens is 507 g/mol. The molecule has 1 saturated heterocycles. The summed E-state index contributed by atoms with van der Waals surface area (Å²) in [5.41, 5.74) is 2.15. The molecule has 1 aliphatic heterocycles. The highest BCUT2D eigenvalue weighted by molar-refractivity contribution is 14.0. The van der Waals surface area contributed by atoms with Gasteiger partial charge in [-0.3, -0.25) is 4.40 Å². The lowest BCUT2D eigenvalue weighted by Gasteiger charge is -2.20. The van der Waals surface area contributed by atoms with Crippen molar-refractivity contribution in [2.75, 3.05) is 24.5 Å². The summed E-state index contributed by atoms with van der Waals surface area (Å²) in [6.45, 7) is 5.42. The molecule has 3 heterocycles. The van der Waals surface area contributed by atoms with Crippen LogP contribution in [0.2, 0.25) is 5.02 Å². The molecule has 2 N–H and O–H groups in total. The van der Waals surface area contributed by atoms with Crippen LogP contribution in [0.4, 0.5) is 5.69 Å². The smallest absolute Gasteiger partial charge is 0.193 e. The summed E-state index contributed by atoms with van der Waals surface area (Å²) in [5.74, 6) is 0.840. The minimum atomic E-state index is 0. The summed E-state index contributed by atoms with van der Waals surface area (Å²) in [7, 11) is 0. The Morgan fingerprint density at radius 2 is 2.32 bits per heavy atom. The van der Waals surface area contributed by atoms with Gasteiger partial charge in [-0.05, 0) is 31.5 Å². The van der Waals surface area contributed by atoms with Crippen LogP contribution in [-0.4, -0.2) is 41.0 Å². The van der Waals surface area contributed by atoms with Crippen molar-refractivity contribution in [3.05, 3.63) is 52.8 Å². The van der Waals surface area contributed by atoms with Crippen LogP contribution in [0.5, 0.6) is 0 Å². The molecule has 1 unspecified atom stereocenters. The lowest BCUT2D eigenvalue weighted by Crippen LogP contribution is -2.44. The molecule has 0 radical (unpaired) electrons. The quantitative estimate of drug-likeness (QED) is 0.297. The highest BCUT2D eigenvalue weighted by Crippen LogP contribution is 2.23. The van der Waals surface area contributed by atoms with Gasteiger partial charge in [0.15, 0.2) is 10.9 Å². The van der Waals surface area contributed by atoms with Gasteiger partial charge in [0.2, 0.25) is 0 Å². The highest BCUT2D eigenvalue weighted by atomic mass is 127. The van der Waals surface area contributed by atoms with Gasteiger partial charge < -0.3 is 15.5 Å². The minimum absolute atomic E-state index is 0. The number of guanidine groups is 1. The summed E-state index contributed by atoms with van der Waals surface area (Å²) < 4.78 is 2.04. The van der Waals surface area contributed by atoms with Gasteiger partial charge in [-0.2, -0.15) is 0 Å². The van der Waals surface area contributed by atoms with E-state index in [9.17, 15) is 0 Å². The number of aromatic nitrogens is 2.